The molecule has 32 heavy (non-hydrogen) atoms. The van der Waals surface area contributed by atoms with Gasteiger partial charge < -0.3 is 10.1 Å². The van der Waals surface area contributed by atoms with Crippen LogP contribution >= 0.6 is 11.3 Å². The number of hydrogen-bond donors (Lipinski definition) is 1. The van der Waals surface area contributed by atoms with Crippen LogP contribution in [0.2, 0.25) is 0 Å². The minimum Gasteiger partial charge on any atom is -0.465 e. The zero-order chi connectivity index (χ0) is 22.8. The van der Waals surface area contributed by atoms with E-state index in [0.717, 1.165) is 16.7 Å². The fourth-order valence-electron chi connectivity index (χ4n) is 3.36. The molecule has 1 amide bonds. The highest BCUT2D eigenvalue weighted by Gasteiger charge is 2.15. The SMILES string of the molecule is COC(=O)c1ccc(NC(=O)Cn2cnc3scc(-c4ccc(C)c(C)c4)c3c2=O)cc1. The van der Waals surface area contributed by atoms with E-state index in [1.807, 2.05) is 31.4 Å². The van der Waals surface area contributed by atoms with Crippen molar-refractivity contribution in [3.05, 3.63) is 81.2 Å². The topological polar surface area (TPSA) is 90.3 Å². The number of carbonyl (C=O) groups excluding carboxylic acids is 2. The molecular formula is C24H21N3O4S. The maximum Gasteiger partial charge on any atom is 0.337 e. The summed E-state index contributed by atoms with van der Waals surface area (Å²) in [7, 11) is 1.31. The number of carbonyl (C=O) groups is 2. The lowest BCUT2D eigenvalue weighted by molar-refractivity contribution is -0.116. The van der Waals surface area contributed by atoms with Crippen molar-refractivity contribution in [1.29, 1.82) is 0 Å². The Hall–Kier alpha value is -3.78. The van der Waals surface area contributed by atoms with E-state index in [1.165, 1.54) is 34.9 Å². The Labute approximate surface area is 188 Å². The first-order valence-electron chi connectivity index (χ1n) is 9.90. The Balaban J connectivity index is 1.59. The second-order valence-electron chi connectivity index (χ2n) is 7.42. The summed E-state index contributed by atoms with van der Waals surface area (Å²) in [5.74, 6) is -0.828. The molecular weight excluding hydrogens is 426 g/mol. The molecule has 4 rings (SSSR count). The first-order valence-corrected chi connectivity index (χ1v) is 10.8. The van der Waals surface area contributed by atoms with Gasteiger partial charge >= 0.3 is 5.97 Å². The molecule has 4 aromatic rings. The van der Waals surface area contributed by atoms with E-state index in [9.17, 15) is 14.4 Å². The molecule has 0 spiro atoms. The largest absolute Gasteiger partial charge is 0.465 e. The zero-order valence-electron chi connectivity index (χ0n) is 17.8. The predicted octanol–water partition coefficient (Wildman–Crippen LogP) is 4.17. The summed E-state index contributed by atoms with van der Waals surface area (Å²) in [6, 6.07) is 12.4. The van der Waals surface area contributed by atoms with Crippen LogP contribution in [0.4, 0.5) is 5.69 Å². The molecule has 7 nitrogen and oxygen atoms in total. The van der Waals surface area contributed by atoms with Crippen LogP contribution in [-0.2, 0) is 16.1 Å². The van der Waals surface area contributed by atoms with Crippen molar-refractivity contribution in [1.82, 2.24) is 9.55 Å². The van der Waals surface area contributed by atoms with Crippen LogP contribution < -0.4 is 10.9 Å². The van der Waals surface area contributed by atoms with Crippen LogP contribution in [0.15, 0.2) is 59.0 Å². The third-order valence-electron chi connectivity index (χ3n) is 5.28. The molecule has 1 N–H and O–H groups in total. The number of methoxy groups -OCH3 is 1. The summed E-state index contributed by atoms with van der Waals surface area (Å²) in [5.41, 5.74) is 4.72. The van der Waals surface area contributed by atoms with Gasteiger partial charge in [0.2, 0.25) is 5.91 Å². The number of aromatic nitrogens is 2. The molecule has 2 aromatic heterocycles. The fraction of sp³-hybridized carbons (Fsp3) is 0.167. The van der Waals surface area contributed by atoms with Gasteiger partial charge in [-0.25, -0.2) is 9.78 Å². The molecule has 0 aliphatic heterocycles. The number of esters is 1. The smallest absolute Gasteiger partial charge is 0.337 e. The lowest BCUT2D eigenvalue weighted by Gasteiger charge is -2.09. The second kappa shape index (κ2) is 8.76. The number of nitrogens with one attached hydrogen (secondary N) is 1. The zero-order valence-corrected chi connectivity index (χ0v) is 18.7. The van der Waals surface area contributed by atoms with Gasteiger partial charge in [-0.05, 0) is 54.8 Å². The van der Waals surface area contributed by atoms with Crippen molar-refractivity contribution < 1.29 is 14.3 Å². The molecule has 0 radical (unpaired) electrons. The van der Waals surface area contributed by atoms with Gasteiger partial charge in [0.1, 0.15) is 11.4 Å². The van der Waals surface area contributed by atoms with Crippen LogP contribution in [0, 0.1) is 13.8 Å². The van der Waals surface area contributed by atoms with Crippen LogP contribution in [0.5, 0.6) is 0 Å². The van der Waals surface area contributed by atoms with E-state index in [2.05, 4.69) is 21.1 Å². The van der Waals surface area contributed by atoms with E-state index in [4.69, 9.17) is 0 Å². The number of aryl methyl sites for hydroxylation is 2. The van der Waals surface area contributed by atoms with Gasteiger partial charge in [0.05, 0.1) is 24.4 Å². The van der Waals surface area contributed by atoms with Crippen molar-refractivity contribution in [3.63, 3.8) is 0 Å². The van der Waals surface area contributed by atoms with Crippen LogP contribution in [0.1, 0.15) is 21.5 Å². The average molecular weight is 448 g/mol. The quantitative estimate of drug-likeness (QED) is 0.464. The predicted molar refractivity (Wildman–Crippen MR) is 125 cm³/mol. The van der Waals surface area contributed by atoms with Gasteiger partial charge in [-0.15, -0.1) is 11.3 Å². The number of hydrogen-bond acceptors (Lipinski definition) is 6. The average Bonchev–Trinajstić information content (AvgIpc) is 3.22. The monoisotopic (exact) mass is 447 g/mol. The number of ether oxygens (including phenoxy) is 1. The van der Waals surface area contributed by atoms with Crippen molar-refractivity contribution in [2.24, 2.45) is 0 Å². The van der Waals surface area contributed by atoms with E-state index >= 15 is 0 Å². The van der Waals surface area contributed by atoms with Crippen molar-refractivity contribution in [2.75, 3.05) is 12.4 Å². The highest BCUT2D eigenvalue weighted by molar-refractivity contribution is 7.17. The van der Waals surface area contributed by atoms with E-state index < -0.39 is 5.97 Å². The van der Waals surface area contributed by atoms with Gasteiger partial charge in [-0.2, -0.15) is 0 Å². The standard InChI is InChI=1S/C24H21N3O4S/c1-14-4-5-17(10-15(14)2)19-12-32-22-21(19)23(29)27(13-25-22)11-20(28)26-18-8-6-16(7-9-18)24(30)31-3/h4-10,12-13H,11H2,1-3H3,(H,26,28). The van der Waals surface area contributed by atoms with Crippen molar-refractivity contribution in [3.8, 4) is 11.1 Å². The maximum atomic E-state index is 13.2. The van der Waals surface area contributed by atoms with E-state index in [0.29, 0.717) is 21.5 Å². The first kappa shape index (κ1) is 21.5. The number of fused-ring (bicyclic) bond motifs is 1. The Morgan fingerprint density at radius 2 is 1.84 bits per heavy atom. The molecule has 0 unspecified atom stereocenters. The normalized spacial score (nSPS) is 10.8. The summed E-state index contributed by atoms with van der Waals surface area (Å²) >= 11 is 1.41. The van der Waals surface area contributed by atoms with Crippen molar-refractivity contribution in [2.45, 2.75) is 20.4 Å². The molecule has 0 saturated carbocycles. The van der Waals surface area contributed by atoms with E-state index in [1.54, 1.807) is 24.3 Å². The van der Waals surface area contributed by atoms with Gasteiger partial charge in [-0.3, -0.25) is 14.2 Å². The number of anilines is 1. The summed E-state index contributed by atoms with van der Waals surface area (Å²) in [4.78, 5) is 42.2. The molecule has 0 fully saturated rings. The van der Waals surface area contributed by atoms with Gasteiger partial charge in [-0.1, -0.05) is 18.2 Å². The van der Waals surface area contributed by atoms with E-state index in [-0.39, 0.29) is 18.0 Å². The summed E-state index contributed by atoms with van der Waals surface area (Å²) in [5, 5.41) is 5.16. The Kier molecular flexibility index (Phi) is 5.87. The van der Waals surface area contributed by atoms with Crippen LogP contribution in [0.3, 0.4) is 0 Å². The lowest BCUT2D eigenvalue weighted by atomic mass is 10.0. The number of thiophene rings is 1. The molecule has 0 bridgehead atoms. The fourth-order valence-corrected chi connectivity index (χ4v) is 4.27. The molecule has 2 aromatic carbocycles. The first-order chi connectivity index (χ1) is 15.4. The summed E-state index contributed by atoms with van der Waals surface area (Å²) in [6.45, 7) is 3.90. The van der Waals surface area contributed by atoms with Gasteiger partial charge in [0.25, 0.3) is 5.56 Å². The minimum atomic E-state index is -0.454. The number of nitrogens with zero attached hydrogens (tertiary/aromatic N) is 2. The highest BCUT2D eigenvalue weighted by Crippen LogP contribution is 2.31. The summed E-state index contributed by atoms with van der Waals surface area (Å²) < 4.78 is 5.96. The molecule has 8 heteroatoms. The minimum absolute atomic E-state index is 0.178. The third kappa shape index (κ3) is 4.17. The van der Waals surface area contributed by atoms with Crippen molar-refractivity contribution >= 4 is 39.1 Å². The summed E-state index contributed by atoms with van der Waals surface area (Å²) in [6.07, 6.45) is 1.39. The Bertz CT molecular complexity index is 1390. The number of rotatable bonds is 5. The molecule has 0 atom stereocenters. The molecule has 0 aliphatic rings. The Morgan fingerprint density at radius 3 is 2.53 bits per heavy atom. The molecule has 0 saturated heterocycles. The maximum absolute atomic E-state index is 13.2. The molecule has 0 aliphatic carbocycles. The molecule has 2 heterocycles. The number of amides is 1. The number of benzene rings is 2. The van der Waals surface area contributed by atoms with Gasteiger partial charge in [0.15, 0.2) is 0 Å². The Morgan fingerprint density at radius 1 is 1.09 bits per heavy atom. The molecule has 162 valence electrons. The third-order valence-corrected chi connectivity index (χ3v) is 6.17. The van der Waals surface area contributed by atoms with Crippen LogP contribution in [-0.4, -0.2) is 28.5 Å². The highest BCUT2D eigenvalue weighted by atomic mass is 32.1. The van der Waals surface area contributed by atoms with Crippen LogP contribution in [0.25, 0.3) is 21.3 Å². The lowest BCUT2D eigenvalue weighted by Crippen LogP contribution is -2.27. The second-order valence-corrected chi connectivity index (χ2v) is 8.28. The van der Waals surface area contributed by atoms with Gasteiger partial charge in [0, 0.05) is 16.6 Å².